The van der Waals surface area contributed by atoms with Gasteiger partial charge in [-0.1, -0.05) is 12.1 Å². The molecule has 1 aliphatic rings. The molecule has 1 unspecified atom stereocenters. The van der Waals surface area contributed by atoms with Crippen LogP contribution >= 0.6 is 0 Å². The van der Waals surface area contributed by atoms with Crippen LogP contribution < -0.4 is 0 Å². The van der Waals surface area contributed by atoms with Crippen molar-refractivity contribution >= 4 is 22.5 Å². The Morgan fingerprint density at radius 2 is 1.93 bits per heavy atom. The molecule has 4 aromatic rings. The molecule has 0 aliphatic carbocycles. The quantitative estimate of drug-likeness (QED) is 0.537. The van der Waals surface area contributed by atoms with Gasteiger partial charge in [-0.25, -0.2) is 4.98 Å². The maximum atomic E-state index is 13.3. The molecule has 7 heteroatoms. The van der Waals surface area contributed by atoms with Crippen molar-refractivity contribution < 1.29 is 4.79 Å². The molecule has 1 saturated heterocycles. The van der Waals surface area contributed by atoms with E-state index in [1.54, 1.807) is 12.4 Å². The molecule has 0 spiro atoms. The van der Waals surface area contributed by atoms with Gasteiger partial charge in [-0.05, 0) is 51.0 Å². The van der Waals surface area contributed by atoms with E-state index in [0.717, 1.165) is 41.8 Å². The van der Waals surface area contributed by atoms with E-state index in [9.17, 15) is 4.79 Å². The van der Waals surface area contributed by atoms with Crippen molar-refractivity contribution in [1.82, 2.24) is 29.3 Å². The van der Waals surface area contributed by atoms with Crippen LogP contribution in [0, 0.1) is 0 Å². The summed E-state index contributed by atoms with van der Waals surface area (Å²) in [5.41, 5.74) is 3.54. The van der Waals surface area contributed by atoms with E-state index in [0.29, 0.717) is 18.2 Å². The Morgan fingerprint density at radius 3 is 2.79 bits per heavy atom. The van der Waals surface area contributed by atoms with Gasteiger partial charge in [-0.2, -0.15) is 14.8 Å². The molecule has 1 fully saturated rings. The van der Waals surface area contributed by atoms with Crippen LogP contribution in [0.25, 0.3) is 16.6 Å². The molecule has 0 saturated carbocycles. The van der Waals surface area contributed by atoms with Gasteiger partial charge in [-0.15, -0.1) is 0 Å². The molecule has 148 valence electrons. The Bertz CT molecular complexity index is 1190. The number of carbonyl (C=O) groups is 1. The minimum atomic E-state index is 0.0184. The van der Waals surface area contributed by atoms with E-state index in [1.807, 2.05) is 23.1 Å². The monoisotopic (exact) mass is 388 g/mol. The number of fused-ring (bicyclic) bond motifs is 2. The Hall–Kier alpha value is -3.22. The number of amides is 1. The Kier molecular flexibility index (Phi) is 4.30. The summed E-state index contributed by atoms with van der Waals surface area (Å²) in [5, 5.41) is 8.39. The van der Waals surface area contributed by atoms with Crippen LogP contribution in [0.4, 0.5) is 0 Å². The summed E-state index contributed by atoms with van der Waals surface area (Å²) in [6, 6.07) is 12.3. The lowest BCUT2D eigenvalue weighted by molar-refractivity contribution is 0.0705. The van der Waals surface area contributed by atoms with Gasteiger partial charge in [0.05, 0.1) is 22.8 Å². The summed E-state index contributed by atoms with van der Waals surface area (Å²) in [6.07, 6.45) is 5.30. The first-order valence-corrected chi connectivity index (χ1v) is 10.2. The van der Waals surface area contributed by atoms with Gasteiger partial charge in [0.15, 0.2) is 0 Å². The number of hydrogen-bond acceptors (Lipinski definition) is 4. The van der Waals surface area contributed by atoms with E-state index in [2.05, 4.69) is 46.8 Å². The first-order chi connectivity index (χ1) is 14.1. The van der Waals surface area contributed by atoms with Crippen LogP contribution in [0.2, 0.25) is 0 Å². The molecule has 1 amide bonds. The summed E-state index contributed by atoms with van der Waals surface area (Å²) in [6.45, 7) is 5.81. The number of nitrogens with zero attached hydrogens (tertiary/aromatic N) is 6. The molecule has 29 heavy (non-hydrogen) atoms. The van der Waals surface area contributed by atoms with Gasteiger partial charge in [0, 0.05) is 31.2 Å². The van der Waals surface area contributed by atoms with Crippen LogP contribution in [0.3, 0.4) is 0 Å². The molecule has 0 N–H and O–H groups in total. The fourth-order valence-corrected chi connectivity index (χ4v) is 4.43. The average molecular weight is 388 g/mol. The normalized spacial score (nSPS) is 17.5. The highest BCUT2D eigenvalue weighted by Gasteiger charge is 2.30. The van der Waals surface area contributed by atoms with Crippen molar-refractivity contribution in [3.05, 3.63) is 60.2 Å². The number of rotatable bonds is 3. The molecule has 1 aliphatic heterocycles. The van der Waals surface area contributed by atoms with Crippen molar-refractivity contribution in [2.24, 2.45) is 0 Å². The molecule has 1 atom stereocenters. The smallest absolute Gasteiger partial charge is 0.257 e. The predicted octanol–water partition coefficient (Wildman–Crippen LogP) is 3.68. The number of aromatic nitrogens is 5. The predicted molar refractivity (Wildman–Crippen MR) is 111 cm³/mol. The zero-order valence-electron chi connectivity index (χ0n) is 16.7. The number of benzene rings is 1. The zero-order valence-corrected chi connectivity index (χ0v) is 16.7. The highest BCUT2D eigenvalue weighted by atomic mass is 16.2. The second kappa shape index (κ2) is 6.99. The van der Waals surface area contributed by atoms with Crippen molar-refractivity contribution in [3.63, 3.8) is 0 Å². The summed E-state index contributed by atoms with van der Waals surface area (Å²) in [4.78, 5) is 20.2. The highest BCUT2D eigenvalue weighted by molar-refractivity contribution is 6.00. The van der Waals surface area contributed by atoms with Gasteiger partial charge >= 0.3 is 0 Å². The largest absolute Gasteiger partial charge is 0.338 e. The van der Waals surface area contributed by atoms with Gasteiger partial charge in [-0.3, -0.25) is 4.79 Å². The molecule has 5 rings (SSSR count). The summed E-state index contributed by atoms with van der Waals surface area (Å²) in [5.74, 6) is 1.33. The highest BCUT2D eigenvalue weighted by Crippen LogP contribution is 2.32. The molecular weight excluding hydrogens is 364 g/mol. The van der Waals surface area contributed by atoms with Crippen molar-refractivity contribution in [1.29, 1.82) is 0 Å². The SMILES string of the molecule is CC(C)n1c(C2CCCN(C(=O)c3cnn4ncccc34)C2)nc2ccccc21. The molecule has 7 nitrogen and oxygen atoms in total. The Labute approximate surface area is 169 Å². The lowest BCUT2D eigenvalue weighted by atomic mass is 9.96. The first kappa shape index (κ1) is 17.8. The number of likely N-dealkylation sites (tertiary alicyclic amines) is 1. The molecule has 3 aromatic heterocycles. The van der Waals surface area contributed by atoms with E-state index in [1.165, 1.54) is 4.63 Å². The average Bonchev–Trinajstić information content (AvgIpc) is 3.35. The third kappa shape index (κ3) is 2.97. The van der Waals surface area contributed by atoms with Gasteiger partial charge in [0.1, 0.15) is 11.3 Å². The van der Waals surface area contributed by atoms with Crippen molar-refractivity contribution in [2.45, 2.75) is 38.6 Å². The van der Waals surface area contributed by atoms with Crippen molar-refractivity contribution in [2.75, 3.05) is 13.1 Å². The fourth-order valence-electron chi connectivity index (χ4n) is 4.43. The van der Waals surface area contributed by atoms with E-state index >= 15 is 0 Å². The molecule has 0 bridgehead atoms. The third-order valence-corrected chi connectivity index (χ3v) is 5.75. The van der Waals surface area contributed by atoms with Crippen LogP contribution in [0.1, 0.15) is 54.8 Å². The van der Waals surface area contributed by atoms with Crippen LogP contribution in [0.5, 0.6) is 0 Å². The number of carbonyl (C=O) groups excluding carboxylic acids is 1. The summed E-state index contributed by atoms with van der Waals surface area (Å²) in [7, 11) is 0. The second-order valence-electron chi connectivity index (χ2n) is 7.97. The molecule has 1 aromatic carbocycles. The Balaban J connectivity index is 1.48. The molecule has 0 radical (unpaired) electrons. The van der Waals surface area contributed by atoms with Crippen molar-refractivity contribution in [3.8, 4) is 0 Å². The summed E-state index contributed by atoms with van der Waals surface area (Å²) >= 11 is 0. The maximum Gasteiger partial charge on any atom is 0.257 e. The molecule has 4 heterocycles. The minimum absolute atomic E-state index is 0.0184. The zero-order chi connectivity index (χ0) is 20.0. The van der Waals surface area contributed by atoms with Gasteiger partial charge < -0.3 is 9.47 Å². The molecular formula is C22H24N6O. The Morgan fingerprint density at radius 1 is 1.10 bits per heavy atom. The van der Waals surface area contributed by atoms with E-state index in [-0.39, 0.29) is 11.8 Å². The number of hydrogen-bond donors (Lipinski definition) is 0. The van der Waals surface area contributed by atoms with Gasteiger partial charge in [0.25, 0.3) is 5.91 Å². The topological polar surface area (TPSA) is 68.3 Å². The number of imidazole rings is 1. The van der Waals surface area contributed by atoms with Crippen LogP contribution in [-0.2, 0) is 0 Å². The lowest BCUT2D eigenvalue weighted by Crippen LogP contribution is -2.39. The van der Waals surface area contributed by atoms with Crippen LogP contribution in [0.15, 0.2) is 48.8 Å². The van der Waals surface area contributed by atoms with Gasteiger partial charge in [0.2, 0.25) is 0 Å². The van der Waals surface area contributed by atoms with Crippen LogP contribution in [-0.4, -0.2) is 48.3 Å². The minimum Gasteiger partial charge on any atom is -0.338 e. The number of para-hydroxylation sites is 2. The first-order valence-electron chi connectivity index (χ1n) is 10.2. The fraction of sp³-hybridized carbons (Fsp3) is 0.364. The second-order valence-corrected chi connectivity index (χ2v) is 7.97. The maximum absolute atomic E-state index is 13.3. The lowest BCUT2D eigenvalue weighted by Gasteiger charge is -2.33. The standard InChI is InChI=1S/C22H24N6O/c1-15(2)27-20-9-4-3-8-18(20)25-21(27)16-7-6-12-26(14-16)22(29)17-13-24-28-19(17)10-5-11-23-28/h3-5,8-11,13,15-16H,6-7,12,14H2,1-2H3. The third-order valence-electron chi connectivity index (χ3n) is 5.75. The summed E-state index contributed by atoms with van der Waals surface area (Å²) < 4.78 is 3.83. The van der Waals surface area contributed by atoms with E-state index < -0.39 is 0 Å². The van der Waals surface area contributed by atoms with E-state index in [4.69, 9.17) is 4.98 Å². The number of piperidine rings is 1.